The van der Waals surface area contributed by atoms with Gasteiger partial charge in [-0.15, -0.1) is 5.92 Å². The Morgan fingerprint density at radius 3 is 2.80 bits per heavy atom. The van der Waals surface area contributed by atoms with Crippen LogP contribution in [0.3, 0.4) is 0 Å². The molecule has 7 rings (SSSR count). The Labute approximate surface area is 207 Å². The number of ketones is 1. The summed E-state index contributed by atoms with van der Waals surface area (Å²) >= 11 is 0. The van der Waals surface area contributed by atoms with Gasteiger partial charge in [0.05, 0.1) is 12.5 Å². The summed E-state index contributed by atoms with van der Waals surface area (Å²) in [5, 5.41) is 11.9. The van der Waals surface area contributed by atoms with Gasteiger partial charge in [-0.3, -0.25) is 4.79 Å². The summed E-state index contributed by atoms with van der Waals surface area (Å²) in [4.78, 5) is 12.5. The number of fused-ring (bicyclic) bond motifs is 4. The average Bonchev–Trinajstić information content (AvgIpc) is 3.46. The average molecular weight is 465 g/mol. The van der Waals surface area contributed by atoms with Crippen molar-refractivity contribution < 1.29 is 14.3 Å². The molecule has 0 bridgehead atoms. The van der Waals surface area contributed by atoms with E-state index in [-0.39, 0.29) is 16.7 Å². The van der Waals surface area contributed by atoms with E-state index in [0.717, 1.165) is 50.5 Å². The lowest BCUT2D eigenvalue weighted by molar-refractivity contribution is -0.115. The van der Waals surface area contributed by atoms with Crippen molar-refractivity contribution in [1.29, 1.82) is 0 Å². The zero-order valence-electron chi connectivity index (χ0n) is 20.6. The maximum absolute atomic E-state index is 12.5. The van der Waals surface area contributed by atoms with Gasteiger partial charge in [0.1, 0.15) is 5.60 Å². The first-order chi connectivity index (χ1) is 16.9. The number of benzene rings is 1. The van der Waals surface area contributed by atoms with Crippen molar-refractivity contribution in [2.45, 2.75) is 76.7 Å². The monoisotopic (exact) mass is 464 g/mol. The Hall–Kier alpha value is -2.83. The lowest BCUT2D eigenvalue weighted by Crippen LogP contribution is -2.52. The van der Waals surface area contributed by atoms with Crippen LogP contribution in [0.5, 0.6) is 0 Å². The van der Waals surface area contributed by atoms with E-state index < -0.39 is 5.60 Å². The minimum atomic E-state index is -0.939. The van der Waals surface area contributed by atoms with Gasteiger partial charge in [-0.25, -0.2) is 0 Å². The minimum Gasteiger partial charge on any atom is -0.472 e. The maximum atomic E-state index is 12.5. The topological polar surface area (TPSA) is 50.4 Å². The number of allylic oxidation sites excluding steroid dienone is 4. The Morgan fingerprint density at radius 2 is 2.00 bits per heavy atom. The van der Waals surface area contributed by atoms with Crippen LogP contribution in [0.25, 0.3) is 11.1 Å². The Balaban J connectivity index is 1.47. The van der Waals surface area contributed by atoms with Crippen LogP contribution in [-0.4, -0.2) is 16.5 Å². The molecule has 1 fully saturated rings. The van der Waals surface area contributed by atoms with Crippen molar-refractivity contribution in [3.63, 3.8) is 0 Å². The molecule has 2 aromatic rings. The third kappa shape index (κ3) is 2.70. The number of aliphatic hydroxyl groups is 1. The van der Waals surface area contributed by atoms with Crippen molar-refractivity contribution in [2.24, 2.45) is 16.7 Å². The molecule has 5 atom stereocenters. The van der Waals surface area contributed by atoms with Crippen LogP contribution in [0.2, 0.25) is 0 Å². The smallest absolute Gasteiger partial charge is 0.155 e. The van der Waals surface area contributed by atoms with Crippen molar-refractivity contribution in [2.75, 3.05) is 0 Å². The zero-order valence-corrected chi connectivity index (χ0v) is 20.6. The van der Waals surface area contributed by atoms with Gasteiger partial charge in [-0.05, 0) is 86.6 Å². The van der Waals surface area contributed by atoms with Crippen molar-refractivity contribution in [3.05, 3.63) is 70.7 Å². The van der Waals surface area contributed by atoms with Crippen LogP contribution in [0.4, 0.5) is 0 Å². The molecule has 0 amide bonds. The molecule has 0 unspecified atom stereocenters. The molecule has 0 saturated heterocycles. The molecule has 1 spiro atoms. The lowest BCUT2D eigenvalue weighted by Gasteiger charge is -2.58. The molecule has 5 aliphatic carbocycles. The third-order valence-electron chi connectivity index (χ3n) is 10.4. The van der Waals surface area contributed by atoms with E-state index in [1.54, 1.807) is 17.4 Å². The SMILES string of the molecule is CC#C[C@]1(O)CC[C@H]2C3=C4[C@H](C[C@@]21C)c1ccc(-c2ccoc2)cc1C[C@@]41CCC(=O)C=C1CC3. The number of hydrogen-bond donors (Lipinski definition) is 1. The fourth-order valence-electron chi connectivity index (χ4n) is 8.80. The zero-order chi connectivity index (χ0) is 24.0. The molecule has 1 aromatic carbocycles. The quantitative estimate of drug-likeness (QED) is 0.386. The van der Waals surface area contributed by atoms with Gasteiger partial charge in [0, 0.05) is 28.7 Å². The third-order valence-corrected chi connectivity index (χ3v) is 10.4. The number of carbonyl (C=O) groups is 1. The van der Waals surface area contributed by atoms with Crippen LogP contribution in [0.1, 0.15) is 75.8 Å². The van der Waals surface area contributed by atoms with Crippen LogP contribution < -0.4 is 0 Å². The summed E-state index contributed by atoms with van der Waals surface area (Å²) in [5.41, 5.74) is 8.42. The summed E-state index contributed by atoms with van der Waals surface area (Å²) in [6.45, 7) is 4.15. The summed E-state index contributed by atoms with van der Waals surface area (Å²) in [7, 11) is 0. The van der Waals surface area contributed by atoms with Crippen LogP contribution in [0.15, 0.2) is 64.0 Å². The number of carbonyl (C=O) groups excluding carboxylic acids is 1. The number of rotatable bonds is 1. The number of furan rings is 1. The predicted molar refractivity (Wildman–Crippen MR) is 135 cm³/mol. The first-order valence-electron chi connectivity index (χ1n) is 13.2. The maximum Gasteiger partial charge on any atom is 0.155 e. The molecular formula is C32H32O3. The van der Waals surface area contributed by atoms with E-state index >= 15 is 0 Å². The summed E-state index contributed by atoms with van der Waals surface area (Å²) < 4.78 is 5.37. The highest BCUT2D eigenvalue weighted by molar-refractivity contribution is 5.92. The van der Waals surface area contributed by atoms with Crippen LogP contribution >= 0.6 is 0 Å². The van der Waals surface area contributed by atoms with E-state index in [2.05, 4.69) is 37.0 Å². The Bertz CT molecular complexity index is 1380. The summed E-state index contributed by atoms with van der Waals surface area (Å²) in [6, 6.07) is 8.93. The Kier molecular flexibility index (Phi) is 4.36. The lowest BCUT2D eigenvalue weighted by atomic mass is 9.45. The molecule has 0 radical (unpaired) electrons. The summed E-state index contributed by atoms with van der Waals surface area (Å²) in [6.07, 6.45) is 12.7. The minimum absolute atomic E-state index is 0.0351. The standard InChI is InChI=1S/C32H32O3/c1-3-11-32(34)13-9-28-26-7-5-23-16-24(33)8-12-31(23)17-22-15-20(21-10-14-35-19-21)4-6-25(22)27(29(26)31)18-30(28,32)2/h4,6,10,14-16,19,27-28,34H,5,7-9,12-13,17-18H2,1-2H3/t27-,28+,30+,31-,32+/m1/s1. The highest BCUT2D eigenvalue weighted by Crippen LogP contribution is 2.70. The largest absolute Gasteiger partial charge is 0.472 e. The molecule has 1 saturated carbocycles. The predicted octanol–water partition coefficient (Wildman–Crippen LogP) is 6.53. The van der Waals surface area contributed by atoms with Crippen LogP contribution in [0, 0.1) is 28.6 Å². The van der Waals surface area contributed by atoms with Gasteiger partial charge in [0.25, 0.3) is 0 Å². The van der Waals surface area contributed by atoms with Crippen molar-refractivity contribution in [1.82, 2.24) is 0 Å². The van der Waals surface area contributed by atoms with Gasteiger partial charge in [-0.1, -0.05) is 47.8 Å². The van der Waals surface area contributed by atoms with Gasteiger partial charge in [-0.2, -0.15) is 0 Å². The second kappa shape index (κ2) is 7.11. The molecular weight excluding hydrogens is 432 g/mol. The van der Waals surface area contributed by atoms with Crippen molar-refractivity contribution >= 4 is 5.78 Å². The second-order valence-electron chi connectivity index (χ2n) is 11.8. The van der Waals surface area contributed by atoms with Gasteiger partial charge < -0.3 is 9.52 Å². The molecule has 1 aromatic heterocycles. The molecule has 3 nitrogen and oxygen atoms in total. The fraction of sp³-hybridized carbons (Fsp3) is 0.469. The number of hydrogen-bond acceptors (Lipinski definition) is 3. The van der Waals surface area contributed by atoms with E-state index in [4.69, 9.17) is 4.42 Å². The van der Waals surface area contributed by atoms with Gasteiger partial charge in [0.2, 0.25) is 0 Å². The van der Waals surface area contributed by atoms with Gasteiger partial charge >= 0.3 is 0 Å². The normalized spacial score (nSPS) is 36.9. The molecule has 0 aliphatic heterocycles. The highest BCUT2D eigenvalue weighted by Gasteiger charge is 2.64. The Morgan fingerprint density at radius 1 is 1.11 bits per heavy atom. The highest BCUT2D eigenvalue weighted by atomic mass is 16.3. The van der Waals surface area contributed by atoms with E-state index in [1.165, 1.54) is 22.3 Å². The molecule has 1 heterocycles. The molecule has 178 valence electrons. The summed E-state index contributed by atoms with van der Waals surface area (Å²) in [5.74, 6) is 7.25. The van der Waals surface area contributed by atoms with Gasteiger partial charge in [0.15, 0.2) is 5.78 Å². The fourth-order valence-corrected chi connectivity index (χ4v) is 8.80. The molecule has 5 aliphatic rings. The van der Waals surface area contributed by atoms with E-state index in [0.29, 0.717) is 18.1 Å². The molecule has 1 N–H and O–H groups in total. The first kappa shape index (κ1) is 21.5. The first-order valence-corrected chi connectivity index (χ1v) is 13.2. The molecule has 35 heavy (non-hydrogen) atoms. The van der Waals surface area contributed by atoms with E-state index in [9.17, 15) is 9.90 Å². The van der Waals surface area contributed by atoms with E-state index in [1.807, 2.05) is 25.3 Å². The van der Waals surface area contributed by atoms with Crippen molar-refractivity contribution in [3.8, 4) is 23.0 Å². The van der Waals surface area contributed by atoms with Crippen LogP contribution in [-0.2, 0) is 11.2 Å². The second-order valence-corrected chi connectivity index (χ2v) is 11.8. The molecule has 3 heteroatoms.